The van der Waals surface area contributed by atoms with Gasteiger partial charge in [-0.15, -0.1) is 0 Å². The number of nitrogens with zero attached hydrogens (tertiary/aromatic N) is 1. The van der Waals surface area contributed by atoms with E-state index >= 15 is 0 Å². The molecule has 0 N–H and O–H groups in total. The Morgan fingerprint density at radius 1 is 1.00 bits per heavy atom. The van der Waals surface area contributed by atoms with Gasteiger partial charge in [0.1, 0.15) is 5.75 Å². The molecule has 0 heterocycles. The summed E-state index contributed by atoms with van der Waals surface area (Å²) in [7, 11) is -1.35. The summed E-state index contributed by atoms with van der Waals surface area (Å²) < 4.78 is 22.1. The van der Waals surface area contributed by atoms with Gasteiger partial charge in [0.05, 0.1) is 4.90 Å². The molecule has 1 unspecified atom stereocenters. The van der Waals surface area contributed by atoms with E-state index in [0.717, 1.165) is 5.56 Å². The molecule has 1 atom stereocenters. The monoisotopic (exact) mass is 261 g/mol. The Morgan fingerprint density at radius 3 is 2.17 bits per heavy atom. The molecule has 94 valence electrons. The quantitative estimate of drug-likeness (QED) is 0.848. The predicted molar refractivity (Wildman–Crippen MR) is 73.0 cm³/mol. The van der Waals surface area contributed by atoms with Crippen molar-refractivity contribution in [2.75, 3.05) is 7.05 Å². The van der Waals surface area contributed by atoms with Crippen molar-refractivity contribution in [2.45, 2.75) is 11.8 Å². The van der Waals surface area contributed by atoms with E-state index in [4.69, 9.17) is 4.18 Å². The van der Waals surface area contributed by atoms with Gasteiger partial charge in [-0.05, 0) is 31.2 Å². The lowest BCUT2D eigenvalue weighted by Crippen LogP contribution is -2.09. The van der Waals surface area contributed by atoms with Crippen LogP contribution >= 0.6 is 0 Å². The molecule has 0 bridgehead atoms. The summed E-state index contributed by atoms with van der Waals surface area (Å²) in [4.78, 5) is 0.583. The Morgan fingerprint density at radius 2 is 1.61 bits per heavy atom. The summed E-state index contributed by atoms with van der Waals surface area (Å²) in [6, 6.07) is 16.4. The maximum atomic E-state index is 12.6. The topological polar surface area (TPSA) is 38.7 Å². The fourth-order valence-corrected chi connectivity index (χ4v) is 2.74. The van der Waals surface area contributed by atoms with Crippen LogP contribution in [0, 0.1) is 6.92 Å². The van der Waals surface area contributed by atoms with Crippen LogP contribution < -0.4 is 4.18 Å². The van der Waals surface area contributed by atoms with E-state index in [1.165, 1.54) is 7.05 Å². The van der Waals surface area contributed by atoms with Gasteiger partial charge in [-0.2, -0.15) is 0 Å². The summed E-state index contributed by atoms with van der Waals surface area (Å²) >= 11 is 0. The van der Waals surface area contributed by atoms with Gasteiger partial charge in [0.25, 0.3) is 0 Å². The van der Waals surface area contributed by atoms with Crippen LogP contribution in [0.15, 0.2) is 63.9 Å². The van der Waals surface area contributed by atoms with Crippen LogP contribution in [0.4, 0.5) is 0 Å². The smallest absolute Gasteiger partial charge is 0.236 e. The molecule has 0 aromatic heterocycles. The minimum atomic E-state index is -2.85. The van der Waals surface area contributed by atoms with Gasteiger partial charge < -0.3 is 4.18 Å². The zero-order valence-electron chi connectivity index (χ0n) is 10.4. The predicted octanol–water partition coefficient (Wildman–Crippen LogP) is 3.45. The molecule has 0 fully saturated rings. The van der Waals surface area contributed by atoms with Crippen molar-refractivity contribution in [2.24, 2.45) is 4.36 Å². The zero-order valence-corrected chi connectivity index (χ0v) is 11.2. The number of rotatable bonds is 3. The van der Waals surface area contributed by atoms with Gasteiger partial charge >= 0.3 is 0 Å². The minimum absolute atomic E-state index is 0.550. The summed E-state index contributed by atoms with van der Waals surface area (Å²) in [5.74, 6) is 0.550. The fourth-order valence-electron chi connectivity index (χ4n) is 1.51. The molecule has 3 nitrogen and oxygen atoms in total. The number of para-hydroxylation sites is 1. The first-order valence-corrected chi connectivity index (χ1v) is 7.04. The van der Waals surface area contributed by atoms with E-state index < -0.39 is 10.0 Å². The molecular formula is C14H15NO2S. The summed E-state index contributed by atoms with van der Waals surface area (Å²) in [5.41, 5.74) is 1.11. The van der Waals surface area contributed by atoms with E-state index in [1.54, 1.807) is 24.3 Å². The third kappa shape index (κ3) is 2.71. The lowest BCUT2D eigenvalue weighted by molar-refractivity contribution is 0.549. The van der Waals surface area contributed by atoms with Gasteiger partial charge in [-0.1, -0.05) is 35.9 Å². The average molecular weight is 261 g/mol. The highest BCUT2D eigenvalue weighted by atomic mass is 32.2. The molecule has 0 radical (unpaired) electrons. The molecule has 0 saturated heterocycles. The second-order valence-electron chi connectivity index (χ2n) is 3.87. The molecule has 2 rings (SSSR count). The van der Waals surface area contributed by atoms with Crippen molar-refractivity contribution in [3.05, 3.63) is 60.2 Å². The van der Waals surface area contributed by atoms with Crippen molar-refractivity contribution in [3.63, 3.8) is 0 Å². The van der Waals surface area contributed by atoms with E-state index in [9.17, 15) is 4.21 Å². The number of aryl methyl sites for hydroxylation is 1. The highest BCUT2D eigenvalue weighted by Gasteiger charge is 2.13. The van der Waals surface area contributed by atoms with Gasteiger partial charge in [0.15, 0.2) is 0 Å². The first kappa shape index (κ1) is 12.6. The molecular weight excluding hydrogens is 246 g/mol. The van der Waals surface area contributed by atoms with Crippen LogP contribution in [0.25, 0.3) is 0 Å². The minimum Gasteiger partial charge on any atom is -0.392 e. The molecule has 4 heteroatoms. The molecule has 0 amide bonds. The lowest BCUT2D eigenvalue weighted by atomic mass is 10.2. The van der Waals surface area contributed by atoms with Crippen molar-refractivity contribution in [1.82, 2.24) is 0 Å². The SMILES string of the molecule is CN=S(=O)(Oc1ccccc1)c1ccc(C)cc1. The van der Waals surface area contributed by atoms with Crippen molar-refractivity contribution in [1.29, 1.82) is 0 Å². The van der Waals surface area contributed by atoms with Crippen molar-refractivity contribution < 1.29 is 8.39 Å². The standard InChI is InChI=1S/C14H15NO2S/c1-12-8-10-14(11-9-12)18(16,15-2)17-13-6-4-3-5-7-13/h3-11H,1-2H3. The highest BCUT2D eigenvalue weighted by Crippen LogP contribution is 2.20. The Bertz CT molecular complexity index is 627. The number of benzene rings is 2. The van der Waals surface area contributed by atoms with E-state index in [0.29, 0.717) is 10.6 Å². The Balaban J connectivity index is 2.38. The van der Waals surface area contributed by atoms with Crippen LogP contribution in [-0.2, 0) is 10.0 Å². The van der Waals surface area contributed by atoms with Crippen molar-refractivity contribution >= 4 is 10.0 Å². The molecule has 0 spiro atoms. The molecule has 2 aromatic carbocycles. The fraction of sp³-hybridized carbons (Fsp3) is 0.143. The van der Waals surface area contributed by atoms with Crippen LogP contribution in [0.1, 0.15) is 5.56 Å². The second kappa shape index (κ2) is 5.23. The van der Waals surface area contributed by atoms with Crippen molar-refractivity contribution in [3.8, 4) is 5.75 Å². The summed E-state index contributed by atoms with van der Waals surface area (Å²) in [6.45, 7) is 1.98. The van der Waals surface area contributed by atoms with Crippen LogP contribution in [0.2, 0.25) is 0 Å². The molecule has 0 aliphatic carbocycles. The first-order chi connectivity index (χ1) is 8.64. The first-order valence-electron chi connectivity index (χ1n) is 5.60. The van der Waals surface area contributed by atoms with Gasteiger partial charge in [0.2, 0.25) is 10.0 Å². The highest BCUT2D eigenvalue weighted by molar-refractivity contribution is 7.89. The number of hydrogen-bond donors (Lipinski definition) is 0. The van der Waals surface area contributed by atoms with E-state index in [1.807, 2.05) is 37.3 Å². The Hall–Kier alpha value is -1.81. The lowest BCUT2D eigenvalue weighted by Gasteiger charge is -2.11. The Kier molecular flexibility index (Phi) is 3.67. The largest absolute Gasteiger partial charge is 0.392 e. The molecule has 0 aliphatic rings. The molecule has 18 heavy (non-hydrogen) atoms. The molecule has 0 saturated carbocycles. The van der Waals surface area contributed by atoms with Crippen LogP contribution in [-0.4, -0.2) is 11.3 Å². The number of hydrogen-bond acceptors (Lipinski definition) is 3. The van der Waals surface area contributed by atoms with Crippen LogP contribution in [0.3, 0.4) is 0 Å². The summed E-state index contributed by atoms with van der Waals surface area (Å²) in [5, 5.41) is 0. The van der Waals surface area contributed by atoms with Crippen LogP contribution in [0.5, 0.6) is 5.75 Å². The molecule has 2 aromatic rings. The third-order valence-corrected chi connectivity index (χ3v) is 4.28. The third-order valence-electron chi connectivity index (χ3n) is 2.51. The average Bonchev–Trinajstić information content (AvgIpc) is 2.40. The second-order valence-corrected chi connectivity index (χ2v) is 5.82. The van der Waals surface area contributed by atoms with E-state index in [-0.39, 0.29) is 0 Å². The van der Waals surface area contributed by atoms with Gasteiger partial charge in [0, 0.05) is 7.05 Å². The van der Waals surface area contributed by atoms with Gasteiger partial charge in [-0.25, -0.2) is 8.57 Å². The maximum Gasteiger partial charge on any atom is 0.236 e. The molecule has 0 aliphatic heterocycles. The Labute approximate surface area is 108 Å². The summed E-state index contributed by atoms with van der Waals surface area (Å²) in [6.07, 6.45) is 0. The van der Waals surface area contributed by atoms with E-state index in [2.05, 4.69) is 4.36 Å². The normalized spacial score (nSPS) is 13.7. The zero-order chi connectivity index (χ0) is 13.0. The maximum absolute atomic E-state index is 12.6. The van der Waals surface area contributed by atoms with Gasteiger partial charge in [-0.3, -0.25) is 0 Å².